The summed E-state index contributed by atoms with van der Waals surface area (Å²) in [6.07, 6.45) is 0.493. The number of fused-ring (bicyclic) bond motifs is 4. The van der Waals surface area contributed by atoms with Crippen LogP contribution in [0.2, 0.25) is 0 Å². The Morgan fingerprint density at radius 1 is 0.973 bits per heavy atom. The van der Waals surface area contributed by atoms with Crippen molar-refractivity contribution in [2.24, 2.45) is 0 Å². The summed E-state index contributed by atoms with van der Waals surface area (Å²) >= 11 is 0. The van der Waals surface area contributed by atoms with E-state index >= 15 is 0 Å². The number of rotatable bonds is 5. The number of hydrogen-bond donors (Lipinski definition) is 1. The maximum Gasteiger partial charge on any atom is 0.246 e. The minimum absolute atomic E-state index is 0.0229. The first kappa shape index (κ1) is 23.3. The van der Waals surface area contributed by atoms with E-state index in [9.17, 15) is 9.59 Å². The van der Waals surface area contributed by atoms with Crippen molar-refractivity contribution in [3.05, 3.63) is 101 Å². The third-order valence-electron chi connectivity index (χ3n) is 7.81. The van der Waals surface area contributed by atoms with E-state index in [0.29, 0.717) is 18.9 Å². The molecule has 3 heterocycles. The van der Waals surface area contributed by atoms with Gasteiger partial charge in [-0.1, -0.05) is 74.5 Å². The number of benzene rings is 3. The van der Waals surface area contributed by atoms with Crippen molar-refractivity contribution in [3.63, 3.8) is 0 Å². The summed E-state index contributed by atoms with van der Waals surface area (Å²) in [6.45, 7) is 4.73. The molecule has 0 radical (unpaired) electrons. The normalized spacial score (nSPS) is 19.4. The van der Waals surface area contributed by atoms with Crippen LogP contribution in [0.3, 0.4) is 0 Å². The maximum absolute atomic E-state index is 14.0. The number of para-hydroxylation sites is 2. The van der Waals surface area contributed by atoms with Gasteiger partial charge in [0.05, 0.1) is 13.2 Å². The van der Waals surface area contributed by atoms with Crippen LogP contribution in [0.25, 0.3) is 10.9 Å². The Hall–Kier alpha value is -4.06. The van der Waals surface area contributed by atoms with E-state index in [-0.39, 0.29) is 24.4 Å². The molecule has 188 valence electrons. The van der Waals surface area contributed by atoms with Gasteiger partial charge in [0.25, 0.3) is 0 Å². The summed E-state index contributed by atoms with van der Waals surface area (Å²) in [5.41, 5.74) is 6.31. The highest BCUT2D eigenvalue weighted by atomic mass is 16.5. The second-order valence-corrected chi connectivity index (χ2v) is 10.3. The first-order chi connectivity index (χ1) is 18.0. The number of aromatic amines is 1. The highest BCUT2D eigenvalue weighted by molar-refractivity contribution is 5.97. The van der Waals surface area contributed by atoms with E-state index in [1.807, 2.05) is 41.3 Å². The molecule has 3 aromatic carbocycles. The molecule has 0 spiro atoms. The van der Waals surface area contributed by atoms with E-state index in [1.54, 1.807) is 12.0 Å². The van der Waals surface area contributed by atoms with Crippen LogP contribution in [0.1, 0.15) is 53.8 Å². The molecule has 1 N–H and O–H groups in total. The van der Waals surface area contributed by atoms with E-state index in [2.05, 4.69) is 55.2 Å². The Kier molecular flexibility index (Phi) is 5.75. The highest BCUT2D eigenvalue weighted by Gasteiger charge is 2.48. The van der Waals surface area contributed by atoms with Crippen LogP contribution in [0, 0.1) is 0 Å². The Labute approximate surface area is 216 Å². The molecule has 2 unspecified atom stereocenters. The molecule has 6 rings (SSSR count). The number of carbonyl (C=O) groups is 2. The highest BCUT2D eigenvalue weighted by Crippen LogP contribution is 2.43. The second-order valence-electron chi connectivity index (χ2n) is 10.3. The molecule has 0 saturated carbocycles. The maximum atomic E-state index is 14.0. The second kappa shape index (κ2) is 9.11. The predicted molar refractivity (Wildman–Crippen MR) is 143 cm³/mol. The van der Waals surface area contributed by atoms with Crippen molar-refractivity contribution in [3.8, 4) is 5.75 Å². The van der Waals surface area contributed by atoms with Gasteiger partial charge < -0.3 is 19.5 Å². The zero-order chi connectivity index (χ0) is 25.7. The van der Waals surface area contributed by atoms with Crippen LogP contribution < -0.4 is 4.74 Å². The van der Waals surface area contributed by atoms with Gasteiger partial charge in [-0.3, -0.25) is 9.59 Å². The van der Waals surface area contributed by atoms with Gasteiger partial charge in [0.1, 0.15) is 18.3 Å². The fourth-order valence-electron chi connectivity index (χ4n) is 5.91. The number of piperazine rings is 1. The summed E-state index contributed by atoms with van der Waals surface area (Å²) in [6, 6.07) is 23.4. The largest absolute Gasteiger partial charge is 0.496 e. The predicted octanol–water partition coefficient (Wildman–Crippen LogP) is 5.19. The van der Waals surface area contributed by atoms with Crippen molar-refractivity contribution in [1.82, 2.24) is 14.8 Å². The monoisotopic (exact) mass is 493 g/mol. The van der Waals surface area contributed by atoms with Crippen LogP contribution in [-0.4, -0.2) is 46.3 Å². The van der Waals surface area contributed by atoms with Crippen LogP contribution in [0.4, 0.5) is 0 Å². The van der Waals surface area contributed by atoms with Crippen LogP contribution in [-0.2, 0) is 22.6 Å². The zero-order valence-electron chi connectivity index (χ0n) is 21.4. The molecule has 2 atom stereocenters. The average molecular weight is 494 g/mol. The standard InChI is InChI=1S/C31H31N3O3/c1-19(2)20-12-14-21(15-13-20)30-29-24(23-9-5-6-10-25(23)32-29)16-26-31(36)33(18-28(35)34(26)30)17-22-8-4-7-11-27(22)37-3/h4-15,19,26,30,32H,16-18H2,1-3H3. The van der Waals surface area contributed by atoms with Gasteiger partial charge >= 0.3 is 0 Å². The Balaban J connectivity index is 1.43. The SMILES string of the molecule is COc1ccccc1CN1CC(=O)N2C(Cc3c([nH]c4ccccc34)C2c2ccc(C(C)C)cc2)C1=O. The number of amides is 2. The van der Waals surface area contributed by atoms with Crippen LogP contribution in [0.15, 0.2) is 72.8 Å². The number of carbonyl (C=O) groups excluding carboxylic acids is 2. The van der Waals surface area contributed by atoms with Crippen molar-refractivity contribution in [2.75, 3.05) is 13.7 Å². The lowest BCUT2D eigenvalue weighted by Gasteiger charge is -2.47. The van der Waals surface area contributed by atoms with Crippen molar-refractivity contribution in [1.29, 1.82) is 0 Å². The van der Waals surface area contributed by atoms with Crippen molar-refractivity contribution in [2.45, 2.75) is 44.8 Å². The number of nitrogens with one attached hydrogen (secondary N) is 1. The molecule has 6 nitrogen and oxygen atoms in total. The molecule has 0 aliphatic carbocycles. The number of hydrogen-bond acceptors (Lipinski definition) is 3. The molecule has 2 amide bonds. The molecule has 1 saturated heterocycles. The zero-order valence-corrected chi connectivity index (χ0v) is 21.4. The van der Waals surface area contributed by atoms with E-state index in [1.165, 1.54) is 5.56 Å². The first-order valence-corrected chi connectivity index (χ1v) is 12.9. The summed E-state index contributed by atoms with van der Waals surface area (Å²) < 4.78 is 5.50. The molecule has 2 aliphatic heterocycles. The van der Waals surface area contributed by atoms with Gasteiger partial charge in [-0.05, 0) is 34.7 Å². The minimum Gasteiger partial charge on any atom is -0.496 e. The third kappa shape index (κ3) is 3.88. The first-order valence-electron chi connectivity index (χ1n) is 12.9. The lowest BCUT2D eigenvalue weighted by molar-refractivity contribution is -0.159. The number of H-pyrrole nitrogens is 1. The molecule has 1 aromatic heterocycles. The van der Waals surface area contributed by atoms with E-state index < -0.39 is 6.04 Å². The fourth-order valence-corrected chi connectivity index (χ4v) is 5.91. The Morgan fingerprint density at radius 2 is 1.70 bits per heavy atom. The van der Waals surface area contributed by atoms with E-state index in [0.717, 1.165) is 39.0 Å². The Bertz CT molecular complexity index is 1490. The molecule has 2 aliphatic rings. The molecular formula is C31H31N3O3. The number of aromatic nitrogens is 1. The summed E-state index contributed by atoms with van der Waals surface area (Å²) in [5.74, 6) is 1.07. The van der Waals surface area contributed by atoms with Gasteiger partial charge in [0, 0.05) is 35.1 Å². The molecule has 37 heavy (non-hydrogen) atoms. The number of ether oxygens (including phenoxy) is 1. The minimum atomic E-state index is -0.558. The van der Waals surface area contributed by atoms with E-state index in [4.69, 9.17) is 4.74 Å². The molecular weight excluding hydrogens is 462 g/mol. The number of methoxy groups -OCH3 is 1. The molecule has 6 heteroatoms. The van der Waals surface area contributed by atoms with Crippen molar-refractivity contribution >= 4 is 22.7 Å². The van der Waals surface area contributed by atoms with Crippen LogP contribution in [0.5, 0.6) is 5.75 Å². The molecule has 4 aromatic rings. The van der Waals surface area contributed by atoms with Crippen LogP contribution >= 0.6 is 0 Å². The average Bonchev–Trinajstić information content (AvgIpc) is 3.29. The smallest absolute Gasteiger partial charge is 0.246 e. The molecule has 1 fully saturated rings. The topological polar surface area (TPSA) is 65.6 Å². The van der Waals surface area contributed by atoms with Crippen molar-refractivity contribution < 1.29 is 14.3 Å². The summed E-state index contributed by atoms with van der Waals surface area (Å²) in [5, 5.41) is 1.11. The van der Waals surface area contributed by atoms with Gasteiger partial charge in [-0.2, -0.15) is 0 Å². The lowest BCUT2D eigenvalue weighted by Crippen LogP contribution is -2.62. The number of nitrogens with zero attached hydrogens (tertiary/aromatic N) is 2. The summed E-state index contributed by atoms with van der Waals surface area (Å²) in [4.78, 5) is 34.9. The van der Waals surface area contributed by atoms with Gasteiger partial charge in [-0.15, -0.1) is 0 Å². The Morgan fingerprint density at radius 3 is 2.46 bits per heavy atom. The van der Waals surface area contributed by atoms with Gasteiger partial charge in [0.2, 0.25) is 11.8 Å². The summed E-state index contributed by atoms with van der Waals surface area (Å²) in [7, 11) is 1.62. The third-order valence-corrected chi connectivity index (χ3v) is 7.81. The quantitative estimate of drug-likeness (QED) is 0.416. The fraction of sp³-hybridized carbons (Fsp3) is 0.290. The van der Waals surface area contributed by atoms with Gasteiger partial charge in [0.15, 0.2) is 0 Å². The van der Waals surface area contributed by atoms with Gasteiger partial charge in [-0.25, -0.2) is 0 Å². The molecule has 0 bridgehead atoms. The lowest BCUT2D eigenvalue weighted by atomic mass is 9.85.